The summed E-state index contributed by atoms with van der Waals surface area (Å²) in [6.07, 6.45) is -6.96. The van der Waals surface area contributed by atoms with Crippen molar-refractivity contribution in [3.05, 3.63) is 0 Å². The number of aliphatic hydroxyl groups is 3. The predicted molar refractivity (Wildman–Crippen MR) is 79.1 cm³/mol. The molecule has 6 atom stereocenters. The van der Waals surface area contributed by atoms with Gasteiger partial charge in [-0.3, -0.25) is 9.59 Å². The molecule has 1 fully saturated rings. The summed E-state index contributed by atoms with van der Waals surface area (Å²) in [6, 6.07) is -1.22. The van der Waals surface area contributed by atoms with E-state index in [4.69, 9.17) is 9.47 Å². The minimum atomic E-state index is -2.28. The van der Waals surface area contributed by atoms with E-state index in [1.54, 1.807) is 0 Å². The summed E-state index contributed by atoms with van der Waals surface area (Å²) in [4.78, 5) is 33.6. The van der Waals surface area contributed by atoms with Gasteiger partial charge in [0.05, 0.1) is 12.1 Å². The van der Waals surface area contributed by atoms with E-state index in [0.717, 1.165) is 21.0 Å². The number of carboxylic acid groups (broad SMARTS) is 1. The largest absolute Gasteiger partial charge is 0.477 e. The van der Waals surface area contributed by atoms with Crippen LogP contribution in [-0.4, -0.2) is 88.2 Å². The molecular formula is C14H23NO10. The number of aliphatic carboxylic acids is 1. The number of hydrogen-bond acceptors (Lipinski definition) is 9. The van der Waals surface area contributed by atoms with Gasteiger partial charge in [-0.05, 0) is 0 Å². The highest BCUT2D eigenvalue weighted by Gasteiger charge is 2.55. The average molecular weight is 365 g/mol. The maximum atomic E-state index is 11.5. The molecule has 5 N–H and O–H groups in total. The van der Waals surface area contributed by atoms with E-state index in [1.807, 2.05) is 0 Å². The van der Waals surface area contributed by atoms with Crippen molar-refractivity contribution in [2.75, 3.05) is 13.7 Å². The topological polar surface area (TPSA) is 172 Å². The summed E-state index contributed by atoms with van der Waals surface area (Å²) in [6.45, 7) is 1.66. The number of carboxylic acids is 1. The lowest BCUT2D eigenvalue weighted by Crippen LogP contribution is -2.67. The molecule has 1 amide bonds. The van der Waals surface area contributed by atoms with Crippen LogP contribution in [0.25, 0.3) is 0 Å². The third kappa shape index (κ3) is 5.09. The maximum Gasteiger partial charge on any atom is 0.364 e. The molecule has 11 heteroatoms. The zero-order valence-electron chi connectivity index (χ0n) is 14.0. The van der Waals surface area contributed by atoms with Crippen LogP contribution >= 0.6 is 0 Å². The molecular weight excluding hydrogens is 342 g/mol. The van der Waals surface area contributed by atoms with E-state index in [1.165, 1.54) is 0 Å². The van der Waals surface area contributed by atoms with Crippen LogP contribution in [-0.2, 0) is 28.6 Å². The van der Waals surface area contributed by atoms with E-state index in [0.29, 0.717) is 0 Å². The minimum Gasteiger partial charge on any atom is -0.477 e. The van der Waals surface area contributed by atoms with Gasteiger partial charge in [0.1, 0.15) is 24.9 Å². The summed E-state index contributed by atoms with van der Waals surface area (Å²) in [5, 5.41) is 42.1. The Hall–Kier alpha value is -1.79. The fraction of sp³-hybridized carbons (Fsp3) is 0.786. The van der Waals surface area contributed by atoms with Crippen molar-refractivity contribution in [1.82, 2.24) is 5.32 Å². The quantitative estimate of drug-likeness (QED) is 0.300. The van der Waals surface area contributed by atoms with E-state index in [2.05, 4.69) is 10.1 Å². The molecule has 0 spiro atoms. The zero-order chi connectivity index (χ0) is 19.4. The lowest BCUT2D eigenvalue weighted by molar-refractivity contribution is -0.303. The number of carbonyl (C=O) groups is 3. The van der Waals surface area contributed by atoms with Crippen molar-refractivity contribution in [2.45, 2.75) is 56.5 Å². The second-order valence-electron chi connectivity index (χ2n) is 5.70. The first kappa shape index (κ1) is 21.3. The van der Waals surface area contributed by atoms with Crippen molar-refractivity contribution in [2.24, 2.45) is 0 Å². The number of hydrogen-bond donors (Lipinski definition) is 5. The Balaban J connectivity index is 3.09. The van der Waals surface area contributed by atoms with Gasteiger partial charge in [0.2, 0.25) is 5.91 Å². The van der Waals surface area contributed by atoms with Gasteiger partial charge in [-0.25, -0.2) is 4.79 Å². The smallest absolute Gasteiger partial charge is 0.364 e. The Morgan fingerprint density at radius 1 is 1.32 bits per heavy atom. The molecule has 2 unspecified atom stereocenters. The monoisotopic (exact) mass is 365 g/mol. The third-order valence-electron chi connectivity index (χ3n) is 3.79. The highest BCUT2D eigenvalue weighted by molar-refractivity contribution is 5.76. The molecule has 0 radical (unpaired) electrons. The van der Waals surface area contributed by atoms with Crippen molar-refractivity contribution >= 4 is 17.8 Å². The summed E-state index contributed by atoms with van der Waals surface area (Å²) in [5.74, 6) is -5.10. The second kappa shape index (κ2) is 8.54. The van der Waals surface area contributed by atoms with Gasteiger partial charge in [-0.2, -0.15) is 0 Å². The molecule has 0 aromatic heterocycles. The highest BCUT2D eigenvalue weighted by atomic mass is 16.7. The molecule has 0 aromatic rings. The standard InChI is InChI=1S/C14H23NO10/c1-6(16)15-10-8(18)4-14(23-3,13(21)22)25-12(10)11(20)9(19)5-24-7(2)17/h8-12,18-20H,4-5H2,1-3H3,(H,15,16)(H,21,22)/t8?,9-,10-,11-,12?,14-/m1/s1. The highest BCUT2D eigenvalue weighted by Crippen LogP contribution is 2.33. The van der Waals surface area contributed by atoms with Crippen LogP contribution in [0.4, 0.5) is 0 Å². The molecule has 144 valence electrons. The van der Waals surface area contributed by atoms with Gasteiger partial charge in [-0.1, -0.05) is 0 Å². The van der Waals surface area contributed by atoms with Crippen LogP contribution in [0.5, 0.6) is 0 Å². The van der Waals surface area contributed by atoms with Gasteiger partial charge < -0.3 is 40.0 Å². The van der Waals surface area contributed by atoms with E-state index in [-0.39, 0.29) is 0 Å². The molecule has 1 saturated heterocycles. The molecule has 0 saturated carbocycles. The van der Waals surface area contributed by atoms with Crippen molar-refractivity contribution < 1.29 is 49.0 Å². The lowest BCUT2D eigenvalue weighted by atomic mass is 9.88. The molecule has 1 rings (SSSR count). The summed E-state index contributed by atoms with van der Waals surface area (Å²) < 4.78 is 14.7. The minimum absolute atomic E-state index is 0.521. The third-order valence-corrected chi connectivity index (χ3v) is 3.79. The Bertz CT molecular complexity index is 512. The Morgan fingerprint density at radius 2 is 1.92 bits per heavy atom. The van der Waals surface area contributed by atoms with Crippen LogP contribution in [0.3, 0.4) is 0 Å². The van der Waals surface area contributed by atoms with E-state index >= 15 is 0 Å². The second-order valence-corrected chi connectivity index (χ2v) is 5.70. The van der Waals surface area contributed by atoms with Crippen molar-refractivity contribution in [3.8, 4) is 0 Å². The average Bonchev–Trinajstić information content (AvgIpc) is 2.52. The predicted octanol–water partition coefficient (Wildman–Crippen LogP) is -2.65. The van der Waals surface area contributed by atoms with Crippen LogP contribution < -0.4 is 5.32 Å². The van der Waals surface area contributed by atoms with Crippen LogP contribution in [0.2, 0.25) is 0 Å². The summed E-state index contributed by atoms with van der Waals surface area (Å²) in [7, 11) is 1.04. The Kier molecular flexibility index (Phi) is 7.26. The molecule has 11 nitrogen and oxygen atoms in total. The van der Waals surface area contributed by atoms with Crippen LogP contribution in [0.15, 0.2) is 0 Å². The van der Waals surface area contributed by atoms with Gasteiger partial charge in [-0.15, -0.1) is 0 Å². The van der Waals surface area contributed by atoms with E-state index in [9.17, 15) is 34.8 Å². The molecule has 0 bridgehead atoms. The number of esters is 1. The fourth-order valence-electron chi connectivity index (χ4n) is 2.53. The van der Waals surface area contributed by atoms with E-state index < -0.39 is 67.1 Å². The zero-order valence-corrected chi connectivity index (χ0v) is 14.0. The van der Waals surface area contributed by atoms with Crippen LogP contribution in [0, 0.1) is 0 Å². The first-order valence-electron chi connectivity index (χ1n) is 7.45. The van der Waals surface area contributed by atoms with Gasteiger partial charge in [0.25, 0.3) is 5.79 Å². The number of aliphatic hydroxyl groups excluding tert-OH is 3. The van der Waals surface area contributed by atoms with Crippen molar-refractivity contribution in [3.63, 3.8) is 0 Å². The number of methoxy groups -OCH3 is 1. The van der Waals surface area contributed by atoms with Gasteiger partial charge in [0.15, 0.2) is 0 Å². The summed E-state index contributed by atoms with van der Waals surface area (Å²) in [5.41, 5.74) is 0. The molecule has 25 heavy (non-hydrogen) atoms. The Labute approximate surface area is 143 Å². The molecule has 1 aliphatic heterocycles. The number of ether oxygens (including phenoxy) is 3. The van der Waals surface area contributed by atoms with Gasteiger partial charge in [0, 0.05) is 27.4 Å². The number of amides is 1. The molecule has 0 aliphatic carbocycles. The lowest BCUT2D eigenvalue weighted by Gasteiger charge is -2.46. The molecule has 0 aromatic carbocycles. The SMILES string of the molecule is CO[C@]1(C(=O)O)CC(O)[C@@H](NC(C)=O)C([C@H](O)[C@H](O)COC(C)=O)O1. The number of carbonyl (C=O) groups excluding carboxylic acids is 2. The maximum absolute atomic E-state index is 11.5. The first-order chi connectivity index (χ1) is 11.5. The van der Waals surface area contributed by atoms with Crippen molar-refractivity contribution in [1.29, 1.82) is 0 Å². The normalized spacial score (nSPS) is 31.7. The van der Waals surface area contributed by atoms with Gasteiger partial charge >= 0.3 is 11.9 Å². The fourth-order valence-corrected chi connectivity index (χ4v) is 2.53. The first-order valence-corrected chi connectivity index (χ1v) is 7.45. The Morgan fingerprint density at radius 3 is 2.36 bits per heavy atom. The molecule has 1 heterocycles. The van der Waals surface area contributed by atoms with Crippen LogP contribution in [0.1, 0.15) is 20.3 Å². The molecule has 1 aliphatic rings. The summed E-state index contributed by atoms with van der Waals surface area (Å²) >= 11 is 0. The number of rotatable bonds is 7. The number of nitrogens with one attached hydrogen (secondary N) is 1.